The van der Waals surface area contributed by atoms with Crippen molar-refractivity contribution in [2.24, 2.45) is 0 Å². The molecule has 2 rings (SSSR count). The van der Waals surface area contributed by atoms with Gasteiger partial charge in [-0.2, -0.15) is 11.3 Å². The van der Waals surface area contributed by atoms with E-state index in [1.54, 1.807) is 0 Å². The van der Waals surface area contributed by atoms with Crippen molar-refractivity contribution in [3.63, 3.8) is 0 Å². The molecule has 5 nitrogen and oxygen atoms in total. The Balaban J connectivity index is 2.01. The molecule has 1 aromatic heterocycles. The van der Waals surface area contributed by atoms with Gasteiger partial charge in [0.25, 0.3) is 0 Å². The first kappa shape index (κ1) is 14.0. The predicted octanol–water partition coefficient (Wildman–Crippen LogP) is 1.43. The van der Waals surface area contributed by atoms with Crippen molar-refractivity contribution in [1.82, 2.24) is 5.32 Å². The highest BCUT2D eigenvalue weighted by Crippen LogP contribution is 2.38. The molecule has 1 fully saturated rings. The van der Waals surface area contributed by atoms with E-state index in [9.17, 15) is 14.7 Å². The van der Waals surface area contributed by atoms with Gasteiger partial charge in [-0.05, 0) is 41.7 Å². The van der Waals surface area contributed by atoms with Gasteiger partial charge in [-0.1, -0.05) is 0 Å². The molecule has 0 bridgehead atoms. The summed E-state index contributed by atoms with van der Waals surface area (Å²) in [5.74, 6) is -1.32. The van der Waals surface area contributed by atoms with E-state index in [1.165, 1.54) is 18.4 Å². The third kappa shape index (κ3) is 2.96. The van der Waals surface area contributed by atoms with Gasteiger partial charge >= 0.3 is 5.97 Å². The number of nitrogens with one attached hydrogen (secondary N) is 1. The molecule has 0 radical (unpaired) electrons. The van der Waals surface area contributed by atoms with Crippen molar-refractivity contribution in [1.29, 1.82) is 0 Å². The second-order valence-electron chi connectivity index (χ2n) is 4.77. The number of rotatable bonds is 6. The predicted molar refractivity (Wildman–Crippen MR) is 71.2 cm³/mol. The molecule has 1 unspecified atom stereocenters. The number of ether oxygens (including phenoxy) is 1. The highest BCUT2D eigenvalue weighted by molar-refractivity contribution is 7.07. The molecule has 0 aliphatic heterocycles. The van der Waals surface area contributed by atoms with E-state index in [4.69, 9.17) is 4.74 Å². The number of hydrogen-bond donors (Lipinski definition) is 2. The lowest BCUT2D eigenvalue weighted by atomic mass is 9.74. The van der Waals surface area contributed by atoms with Crippen LogP contribution in [-0.4, -0.2) is 35.7 Å². The van der Waals surface area contributed by atoms with Crippen LogP contribution in [-0.2, 0) is 20.7 Å². The van der Waals surface area contributed by atoms with Crippen LogP contribution in [0.2, 0.25) is 0 Å². The maximum atomic E-state index is 11.9. The molecular formula is C13H17NO4S. The third-order valence-corrected chi connectivity index (χ3v) is 4.36. The number of carbonyl (C=O) groups is 2. The molecule has 1 heterocycles. The minimum atomic E-state index is -1.04. The number of hydrogen-bond acceptors (Lipinski definition) is 4. The van der Waals surface area contributed by atoms with E-state index < -0.39 is 17.6 Å². The Bertz CT molecular complexity index is 448. The fraction of sp³-hybridized carbons (Fsp3) is 0.538. The summed E-state index contributed by atoms with van der Waals surface area (Å²) in [6.45, 7) is 0. The maximum Gasteiger partial charge on any atom is 0.329 e. The summed E-state index contributed by atoms with van der Waals surface area (Å²) in [7, 11) is 1.50. The van der Waals surface area contributed by atoms with E-state index >= 15 is 0 Å². The molecule has 1 aliphatic carbocycles. The number of carboxylic acid groups (broad SMARTS) is 1. The summed E-state index contributed by atoms with van der Waals surface area (Å²) in [4.78, 5) is 23.2. The first-order valence-corrected chi connectivity index (χ1v) is 7.10. The van der Waals surface area contributed by atoms with Crippen molar-refractivity contribution >= 4 is 23.2 Å². The zero-order valence-corrected chi connectivity index (χ0v) is 11.5. The number of aliphatic carboxylic acids is 1. The van der Waals surface area contributed by atoms with Gasteiger partial charge in [0.15, 0.2) is 6.04 Å². The maximum absolute atomic E-state index is 11.9. The molecular weight excluding hydrogens is 266 g/mol. The standard InChI is InChI=1S/C13H17NO4S/c1-18-13(4-2-5-13)11(12(16)17)14-10(15)7-9-3-6-19-8-9/h3,6,8,11H,2,4-5,7H2,1H3,(H,14,15)(H,16,17). The van der Waals surface area contributed by atoms with E-state index in [1.807, 2.05) is 16.8 Å². The van der Waals surface area contributed by atoms with Crippen LogP contribution < -0.4 is 5.32 Å². The largest absolute Gasteiger partial charge is 0.480 e. The number of carboxylic acids is 1. The van der Waals surface area contributed by atoms with Crippen molar-refractivity contribution in [2.75, 3.05) is 7.11 Å². The van der Waals surface area contributed by atoms with E-state index in [0.717, 1.165) is 12.0 Å². The van der Waals surface area contributed by atoms with E-state index in [2.05, 4.69) is 5.32 Å². The van der Waals surface area contributed by atoms with Gasteiger partial charge in [0.2, 0.25) is 5.91 Å². The lowest BCUT2D eigenvalue weighted by Gasteiger charge is -2.44. The fourth-order valence-corrected chi connectivity index (χ4v) is 3.01. The van der Waals surface area contributed by atoms with Crippen LogP contribution in [0.15, 0.2) is 16.8 Å². The van der Waals surface area contributed by atoms with E-state index in [-0.39, 0.29) is 12.3 Å². The molecule has 0 spiro atoms. The Morgan fingerprint density at radius 3 is 2.74 bits per heavy atom. The van der Waals surface area contributed by atoms with E-state index in [0.29, 0.717) is 12.8 Å². The average molecular weight is 283 g/mol. The Hall–Kier alpha value is -1.40. The second-order valence-corrected chi connectivity index (χ2v) is 5.55. The summed E-state index contributed by atoms with van der Waals surface area (Å²) in [6, 6.07) is 0.882. The Morgan fingerprint density at radius 1 is 1.58 bits per heavy atom. The highest BCUT2D eigenvalue weighted by atomic mass is 32.1. The summed E-state index contributed by atoms with van der Waals surface area (Å²) >= 11 is 1.51. The topological polar surface area (TPSA) is 75.6 Å². The van der Waals surface area contributed by atoms with Gasteiger partial charge < -0.3 is 15.2 Å². The minimum absolute atomic E-state index is 0.201. The average Bonchev–Trinajstić information content (AvgIpc) is 2.79. The molecule has 1 atom stereocenters. The summed E-state index contributed by atoms with van der Waals surface area (Å²) in [5, 5.41) is 15.6. The highest BCUT2D eigenvalue weighted by Gasteiger charge is 2.49. The number of thiophene rings is 1. The Kier molecular flexibility index (Phi) is 4.21. The van der Waals surface area contributed by atoms with Crippen molar-refractivity contribution in [2.45, 2.75) is 37.3 Å². The monoisotopic (exact) mass is 283 g/mol. The Labute approximate surface area is 115 Å². The first-order valence-electron chi connectivity index (χ1n) is 6.16. The van der Waals surface area contributed by atoms with Crippen LogP contribution in [0.5, 0.6) is 0 Å². The molecule has 0 aromatic carbocycles. The number of carbonyl (C=O) groups excluding carboxylic acids is 1. The van der Waals surface area contributed by atoms with Crippen LogP contribution in [0.3, 0.4) is 0 Å². The quantitative estimate of drug-likeness (QED) is 0.828. The molecule has 104 valence electrons. The number of amides is 1. The first-order chi connectivity index (χ1) is 9.07. The van der Waals surface area contributed by atoms with Gasteiger partial charge in [0.05, 0.1) is 12.0 Å². The molecule has 1 saturated carbocycles. The van der Waals surface area contributed by atoms with Crippen LogP contribution >= 0.6 is 11.3 Å². The molecule has 0 saturated heterocycles. The fourth-order valence-electron chi connectivity index (χ4n) is 2.34. The summed E-state index contributed by atoms with van der Waals surface area (Å²) < 4.78 is 5.34. The molecule has 1 aliphatic rings. The SMILES string of the molecule is COC1(C(NC(=O)Cc2ccsc2)C(=O)O)CCC1. The summed E-state index contributed by atoms with van der Waals surface area (Å²) in [5.41, 5.74) is 0.155. The van der Waals surface area contributed by atoms with Gasteiger partial charge in [-0.15, -0.1) is 0 Å². The van der Waals surface area contributed by atoms with Gasteiger partial charge in [0, 0.05) is 7.11 Å². The van der Waals surface area contributed by atoms with Crippen molar-refractivity contribution in [3.05, 3.63) is 22.4 Å². The van der Waals surface area contributed by atoms with Crippen LogP contribution in [0.4, 0.5) is 0 Å². The molecule has 1 amide bonds. The normalized spacial score (nSPS) is 18.4. The number of methoxy groups -OCH3 is 1. The molecule has 1 aromatic rings. The van der Waals surface area contributed by atoms with Crippen molar-refractivity contribution < 1.29 is 19.4 Å². The van der Waals surface area contributed by atoms with Gasteiger partial charge in [-0.25, -0.2) is 4.79 Å². The lowest BCUT2D eigenvalue weighted by molar-refractivity contribution is -0.160. The molecule has 2 N–H and O–H groups in total. The van der Waals surface area contributed by atoms with Crippen molar-refractivity contribution in [3.8, 4) is 0 Å². The molecule has 6 heteroatoms. The third-order valence-electron chi connectivity index (χ3n) is 3.63. The minimum Gasteiger partial charge on any atom is -0.480 e. The lowest BCUT2D eigenvalue weighted by Crippen LogP contribution is -2.61. The van der Waals surface area contributed by atoms with Crippen LogP contribution in [0, 0.1) is 0 Å². The zero-order chi connectivity index (χ0) is 13.9. The van der Waals surface area contributed by atoms with Crippen LogP contribution in [0.1, 0.15) is 24.8 Å². The second kappa shape index (κ2) is 5.71. The Morgan fingerprint density at radius 2 is 2.32 bits per heavy atom. The molecule has 19 heavy (non-hydrogen) atoms. The zero-order valence-electron chi connectivity index (χ0n) is 10.7. The van der Waals surface area contributed by atoms with Gasteiger partial charge in [-0.3, -0.25) is 4.79 Å². The van der Waals surface area contributed by atoms with Gasteiger partial charge in [0.1, 0.15) is 0 Å². The van der Waals surface area contributed by atoms with Crippen LogP contribution in [0.25, 0.3) is 0 Å². The summed E-state index contributed by atoms with van der Waals surface area (Å²) in [6.07, 6.45) is 2.46. The smallest absolute Gasteiger partial charge is 0.329 e.